The number of fused-ring (bicyclic) bond motifs is 1. The maximum atomic E-state index is 5.77. The number of hydrogen-bond acceptors (Lipinski definition) is 6. The summed E-state index contributed by atoms with van der Waals surface area (Å²) in [5.74, 6) is 11.0. The second-order valence-electron chi connectivity index (χ2n) is 4.53. The minimum Gasteiger partial charge on any atom is -0.486 e. The molecule has 1 aromatic carbocycles. The van der Waals surface area contributed by atoms with E-state index in [0.29, 0.717) is 18.5 Å². The monoisotopic (exact) mass is 298 g/mol. The predicted octanol–water partition coefficient (Wildman–Crippen LogP) is 1.81. The Morgan fingerprint density at radius 2 is 2.05 bits per heavy atom. The van der Waals surface area contributed by atoms with Gasteiger partial charge in [0.2, 0.25) is 0 Å². The molecular formula is C13H18N2O2S2. The van der Waals surface area contributed by atoms with Gasteiger partial charge in [-0.15, -0.1) is 0 Å². The molecule has 1 saturated heterocycles. The van der Waals surface area contributed by atoms with Gasteiger partial charge in [-0.25, -0.2) is 0 Å². The fraction of sp³-hybridized carbons (Fsp3) is 0.538. The summed E-state index contributed by atoms with van der Waals surface area (Å²) in [4.78, 5) is 0. The summed E-state index contributed by atoms with van der Waals surface area (Å²) in [6.45, 7) is 1.24. The quantitative estimate of drug-likeness (QED) is 0.656. The Morgan fingerprint density at radius 3 is 2.79 bits per heavy atom. The fourth-order valence-electron chi connectivity index (χ4n) is 2.37. The van der Waals surface area contributed by atoms with Gasteiger partial charge in [-0.2, -0.15) is 23.5 Å². The van der Waals surface area contributed by atoms with Gasteiger partial charge in [0.1, 0.15) is 13.2 Å². The average molecular weight is 298 g/mol. The largest absolute Gasteiger partial charge is 0.486 e. The number of hydrazine groups is 1. The van der Waals surface area contributed by atoms with E-state index in [2.05, 4.69) is 17.6 Å². The Kier molecular flexibility index (Phi) is 4.42. The summed E-state index contributed by atoms with van der Waals surface area (Å²) in [5.41, 5.74) is 4.14. The van der Waals surface area contributed by atoms with E-state index in [9.17, 15) is 0 Å². The molecule has 19 heavy (non-hydrogen) atoms. The van der Waals surface area contributed by atoms with Crippen molar-refractivity contribution in [2.24, 2.45) is 5.84 Å². The zero-order chi connectivity index (χ0) is 13.1. The van der Waals surface area contributed by atoms with Gasteiger partial charge in [0, 0.05) is 22.5 Å². The van der Waals surface area contributed by atoms with E-state index in [0.717, 1.165) is 17.3 Å². The Labute approximate surface area is 121 Å². The Bertz CT molecular complexity index is 439. The smallest absolute Gasteiger partial charge is 0.161 e. The molecule has 104 valence electrons. The fourth-order valence-corrected chi connectivity index (χ4v) is 5.22. The molecule has 2 atom stereocenters. The van der Waals surface area contributed by atoms with Gasteiger partial charge in [-0.1, -0.05) is 6.07 Å². The zero-order valence-corrected chi connectivity index (χ0v) is 12.3. The summed E-state index contributed by atoms with van der Waals surface area (Å²) < 4.78 is 11.2. The zero-order valence-electron chi connectivity index (χ0n) is 10.6. The van der Waals surface area contributed by atoms with Crippen LogP contribution in [0.3, 0.4) is 0 Å². The van der Waals surface area contributed by atoms with Crippen LogP contribution < -0.4 is 20.7 Å². The highest BCUT2D eigenvalue weighted by atomic mass is 32.2. The van der Waals surface area contributed by atoms with Crippen molar-refractivity contribution in [1.82, 2.24) is 5.43 Å². The minimum absolute atomic E-state index is 0.161. The first-order valence-electron chi connectivity index (χ1n) is 6.43. The normalized spacial score (nSPS) is 23.9. The lowest BCUT2D eigenvalue weighted by Crippen LogP contribution is -2.37. The van der Waals surface area contributed by atoms with Crippen LogP contribution in [0.25, 0.3) is 0 Å². The van der Waals surface area contributed by atoms with Gasteiger partial charge in [0.15, 0.2) is 11.5 Å². The molecule has 2 heterocycles. The lowest BCUT2D eigenvalue weighted by atomic mass is 10.0. The molecule has 2 aliphatic heterocycles. The van der Waals surface area contributed by atoms with Crippen LogP contribution in [0, 0.1) is 0 Å². The van der Waals surface area contributed by atoms with Gasteiger partial charge >= 0.3 is 0 Å². The van der Waals surface area contributed by atoms with Crippen molar-refractivity contribution in [3.63, 3.8) is 0 Å². The highest BCUT2D eigenvalue weighted by Gasteiger charge is 2.26. The molecule has 4 nitrogen and oxygen atoms in total. The summed E-state index contributed by atoms with van der Waals surface area (Å²) >= 11 is 3.99. The van der Waals surface area contributed by atoms with Crippen LogP contribution >= 0.6 is 23.5 Å². The molecule has 0 bridgehead atoms. The van der Waals surface area contributed by atoms with E-state index in [1.54, 1.807) is 0 Å². The molecule has 3 rings (SSSR count). The molecule has 0 aliphatic carbocycles. The predicted molar refractivity (Wildman–Crippen MR) is 81.1 cm³/mol. The molecule has 2 unspecified atom stereocenters. The summed E-state index contributed by atoms with van der Waals surface area (Å²) in [5, 5.41) is 0.506. The Hall–Kier alpha value is -0.560. The van der Waals surface area contributed by atoms with Crippen molar-refractivity contribution in [1.29, 1.82) is 0 Å². The summed E-state index contributed by atoms with van der Waals surface area (Å²) in [6, 6.07) is 6.28. The standard InChI is InChI=1S/C13H18N2O2S2/c14-15-13(12-8-18-5-6-19-12)9-1-2-10-11(7-9)17-4-3-16-10/h1-2,7,12-13,15H,3-6,8,14H2. The third kappa shape index (κ3) is 2.97. The minimum atomic E-state index is 0.161. The van der Waals surface area contributed by atoms with Crippen LogP contribution in [0.15, 0.2) is 18.2 Å². The molecule has 1 aromatic rings. The van der Waals surface area contributed by atoms with Crippen LogP contribution in [0.2, 0.25) is 0 Å². The van der Waals surface area contributed by atoms with E-state index < -0.39 is 0 Å². The third-order valence-electron chi connectivity index (χ3n) is 3.32. The molecule has 1 fully saturated rings. The highest BCUT2D eigenvalue weighted by molar-refractivity contribution is 8.06. The molecule has 0 amide bonds. The van der Waals surface area contributed by atoms with Crippen molar-refractivity contribution in [3.8, 4) is 11.5 Å². The van der Waals surface area contributed by atoms with Crippen LogP contribution in [0.1, 0.15) is 11.6 Å². The van der Waals surface area contributed by atoms with E-state index in [-0.39, 0.29) is 6.04 Å². The molecule has 2 aliphatic rings. The molecule has 0 radical (unpaired) electrons. The first kappa shape index (κ1) is 13.4. The SMILES string of the molecule is NNC(c1ccc2c(c1)OCCO2)C1CSCCS1. The molecule has 6 heteroatoms. The third-order valence-corrected chi connectivity index (χ3v) is 6.18. The Balaban J connectivity index is 1.82. The number of ether oxygens (including phenoxy) is 2. The van der Waals surface area contributed by atoms with E-state index in [1.165, 1.54) is 17.1 Å². The second kappa shape index (κ2) is 6.26. The van der Waals surface area contributed by atoms with Crippen LogP contribution in [-0.4, -0.2) is 35.7 Å². The van der Waals surface area contributed by atoms with Crippen molar-refractivity contribution in [3.05, 3.63) is 23.8 Å². The first-order chi connectivity index (χ1) is 9.38. The lowest BCUT2D eigenvalue weighted by molar-refractivity contribution is 0.171. The van der Waals surface area contributed by atoms with Gasteiger partial charge < -0.3 is 9.47 Å². The topological polar surface area (TPSA) is 56.5 Å². The van der Waals surface area contributed by atoms with Crippen molar-refractivity contribution >= 4 is 23.5 Å². The van der Waals surface area contributed by atoms with Gasteiger partial charge in [0.05, 0.1) is 6.04 Å². The van der Waals surface area contributed by atoms with Crippen molar-refractivity contribution in [2.75, 3.05) is 30.5 Å². The van der Waals surface area contributed by atoms with E-state index >= 15 is 0 Å². The molecule has 0 saturated carbocycles. The number of thioether (sulfide) groups is 2. The molecule has 3 N–H and O–H groups in total. The van der Waals surface area contributed by atoms with Gasteiger partial charge in [0.25, 0.3) is 0 Å². The molecule has 0 aromatic heterocycles. The molecular weight excluding hydrogens is 280 g/mol. The summed E-state index contributed by atoms with van der Waals surface area (Å²) in [7, 11) is 0. The number of nitrogens with two attached hydrogens (primary N) is 1. The van der Waals surface area contributed by atoms with Crippen LogP contribution in [0.4, 0.5) is 0 Å². The van der Waals surface area contributed by atoms with Crippen molar-refractivity contribution in [2.45, 2.75) is 11.3 Å². The van der Waals surface area contributed by atoms with E-state index in [1.807, 2.05) is 29.6 Å². The number of benzene rings is 1. The Morgan fingerprint density at radius 1 is 1.21 bits per heavy atom. The van der Waals surface area contributed by atoms with Crippen LogP contribution in [0.5, 0.6) is 11.5 Å². The molecule has 0 spiro atoms. The number of rotatable bonds is 3. The van der Waals surface area contributed by atoms with Gasteiger partial charge in [-0.3, -0.25) is 11.3 Å². The highest BCUT2D eigenvalue weighted by Crippen LogP contribution is 2.37. The van der Waals surface area contributed by atoms with Crippen LogP contribution in [-0.2, 0) is 0 Å². The van der Waals surface area contributed by atoms with Gasteiger partial charge in [-0.05, 0) is 17.7 Å². The average Bonchev–Trinajstić information content (AvgIpc) is 2.49. The first-order valence-corrected chi connectivity index (χ1v) is 8.64. The van der Waals surface area contributed by atoms with E-state index in [4.69, 9.17) is 15.3 Å². The number of hydrogen-bond donors (Lipinski definition) is 2. The van der Waals surface area contributed by atoms with Crippen molar-refractivity contribution < 1.29 is 9.47 Å². The second-order valence-corrected chi connectivity index (χ2v) is 7.03. The maximum absolute atomic E-state index is 5.77. The lowest BCUT2D eigenvalue weighted by Gasteiger charge is -2.30. The number of nitrogens with one attached hydrogen (secondary N) is 1. The maximum Gasteiger partial charge on any atom is 0.161 e. The summed E-state index contributed by atoms with van der Waals surface area (Å²) in [6.07, 6.45) is 0.